The number of carbonyl (C=O) groups is 1. The van der Waals surface area contributed by atoms with E-state index in [4.69, 9.17) is 0 Å². The topological polar surface area (TPSA) is 85.1 Å². The lowest BCUT2D eigenvalue weighted by Gasteiger charge is -2.10. The summed E-state index contributed by atoms with van der Waals surface area (Å²) < 4.78 is 0. The average Bonchev–Trinajstić information content (AvgIpc) is 3.07. The molecule has 0 radical (unpaired) electrons. The van der Waals surface area contributed by atoms with Crippen LogP contribution in [0.5, 0.6) is 0 Å². The fraction of sp³-hybridized carbons (Fsp3) is 0.158. The van der Waals surface area contributed by atoms with Crippen LogP contribution >= 0.6 is 23.1 Å². The highest BCUT2D eigenvalue weighted by Gasteiger charge is 2.15. The van der Waals surface area contributed by atoms with Gasteiger partial charge in [-0.25, -0.2) is 4.98 Å². The van der Waals surface area contributed by atoms with Gasteiger partial charge in [0.15, 0.2) is 0 Å². The number of thioether (sulfide) groups is 1. The minimum absolute atomic E-state index is 0.0191. The summed E-state index contributed by atoms with van der Waals surface area (Å²) in [5.74, 6) is 0.371. The maximum atomic E-state index is 12.7. The van der Waals surface area contributed by atoms with Crippen LogP contribution in [0.2, 0.25) is 0 Å². The summed E-state index contributed by atoms with van der Waals surface area (Å²) in [5, 5.41) is 16.9. The number of rotatable bonds is 6. The van der Waals surface area contributed by atoms with Gasteiger partial charge in [0.05, 0.1) is 21.2 Å². The van der Waals surface area contributed by atoms with Gasteiger partial charge >= 0.3 is 0 Å². The van der Waals surface area contributed by atoms with E-state index in [-0.39, 0.29) is 11.6 Å². The molecule has 3 aromatic rings. The van der Waals surface area contributed by atoms with Crippen LogP contribution in [0, 0.1) is 24.0 Å². The summed E-state index contributed by atoms with van der Waals surface area (Å²) >= 11 is 3.14. The van der Waals surface area contributed by atoms with Crippen molar-refractivity contribution in [3.63, 3.8) is 0 Å². The summed E-state index contributed by atoms with van der Waals surface area (Å²) in [6.45, 7) is 3.62. The molecule has 0 saturated carbocycles. The summed E-state index contributed by atoms with van der Waals surface area (Å²) in [6, 6.07) is 12.0. The maximum Gasteiger partial charge on any atom is 0.274 e. The van der Waals surface area contributed by atoms with Crippen molar-refractivity contribution in [2.24, 2.45) is 0 Å². The van der Waals surface area contributed by atoms with Gasteiger partial charge < -0.3 is 5.32 Å². The predicted octanol–water partition coefficient (Wildman–Crippen LogP) is 5.21. The third-order valence-corrected chi connectivity index (χ3v) is 5.77. The van der Waals surface area contributed by atoms with Crippen LogP contribution in [-0.4, -0.2) is 15.8 Å². The van der Waals surface area contributed by atoms with Crippen molar-refractivity contribution in [2.45, 2.75) is 24.5 Å². The number of nitro benzene ring substituents is 1. The third-order valence-electron chi connectivity index (χ3n) is 3.84. The number of carbonyl (C=O) groups excluding carboxylic acids is 1. The lowest BCUT2D eigenvalue weighted by molar-refractivity contribution is -0.385. The highest BCUT2D eigenvalue weighted by atomic mass is 32.2. The van der Waals surface area contributed by atoms with Crippen molar-refractivity contribution in [3.05, 3.63) is 79.8 Å². The first-order valence-electron chi connectivity index (χ1n) is 8.13. The predicted molar refractivity (Wildman–Crippen MR) is 109 cm³/mol. The minimum Gasteiger partial charge on any atom is -0.322 e. The molecule has 0 aliphatic carbocycles. The van der Waals surface area contributed by atoms with E-state index in [0.29, 0.717) is 22.6 Å². The fourth-order valence-corrected chi connectivity index (χ4v) is 4.15. The zero-order valence-corrected chi connectivity index (χ0v) is 16.4. The van der Waals surface area contributed by atoms with Crippen molar-refractivity contribution in [2.75, 3.05) is 5.32 Å². The molecule has 0 fully saturated rings. The third kappa shape index (κ3) is 4.72. The Hall–Kier alpha value is -2.71. The molecule has 0 bridgehead atoms. The van der Waals surface area contributed by atoms with E-state index in [0.717, 1.165) is 15.6 Å². The molecule has 1 N–H and O–H groups in total. The van der Waals surface area contributed by atoms with E-state index >= 15 is 0 Å². The van der Waals surface area contributed by atoms with Gasteiger partial charge in [0, 0.05) is 33.3 Å². The van der Waals surface area contributed by atoms with Gasteiger partial charge in [0.25, 0.3) is 11.6 Å². The Morgan fingerprint density at radius 2 is 2.04 bits per heavy atom. The van der Waals surface area contributed by atoms with E-state index in [1.807, 2.05) is 24.4 Å². The standard InChI is InChI=1S/C19H17N3O3S2/c1-12-7-8-14(9-17(12)22(24)25)21-19(23)16-5-3-4-6-18(16)27-11-15-10-26-13(2)20-15/h3-10H,11H2,1-2H3,(H,21,23). The quantitative estimate of drug-likeness (QED) is 0.349. The number of aromatic nitrogens is 1. The van der Waals surface area contributed by atoms with Gasteiger partial charge in [0.2, 0.25) is 0 Å². The van der Waals surface area contributed by atoms with Gasteiger partial charge in [0.1, 0.15) is 0 Å². The number of benzene rings is 2. The van der Waals surface area contributed by atoms with Gasteiger partial charge in [-0.3, -0.25) is 14.9 Å². The Morgan fingerprint density at radius 1 is 1.26 bits per heavy atom. The Kier molecular flexibility index (Phi) is 5.88. The molecule has 0 aliphatic heterocycles. The molecule has 3 rings (SSSR count). The molecule has 138 valence electrons. The van der Waals surface area contributed by atoms with E-state index < -0.39 is 4.92 Å². The summed E-state index contributed by atoms with van der Waals surface area (Å²) in [5.41, 5.74) is 2.43. The highest BCUT2D eigenvalue weighted by molar-refractivity contribution is 7.98. The molecule has 27 heavy (non-hydrogen) atoms. The summed E-state index contributed by atoms with van der Waals surface area (Å²) in [6.07, 6.45) is 0. The van der Waals surface area contributed by atoms with E-state index in [1.54, 1.807) is 42.5 Å². The normalized spacial score (nSPS) is 10.6. The second-order valence-corrected chi connectivity index (χ2v) is 7.93. The van der Waals surface area contributed by atoms with E-state index in [1.165, 1.54) is 17.8 Å². The Morgan fingerprint density at radius 3 is 2.74 bits per heavy atom. The summed E-state index contributed by atoms with van der Waals surface area (Å²) in [4.78, 5) is 28.6. The SMILES string of the molecule is Cc1nc(CSc2ccccc2C(=O)Nc2ccc(C)c([N+](=O)[O-])c2)cs1. The molecule has 8 heteroatoms. The first-order valence-corrected chi connectivity index (χ1v) is 10.00. The first-order chi connectivity index (χ1) is 12.9. The second-order valence-electron chi connectivity index (χ2n) is 5.86. The van der Waals surface area contributed by atoms with Gasteiger partial charge in [-0.05, 0) is 32.0 Å². The molecular weight excluding hydrogens is 382 g/mol. The molecule has 0 atom stereocenters. The van der Waals surface area contributed by atoms with Crippen LogP contribution in [0.15, 0.2) is 52.7 Å². The number of nitro groups is 1. The fourth-order valence-electron chi connectivity index (χ4n) is 2.49. The Labute approximate surface area is 164 Å². The number of aryl methyl sites for hydroxylation is 2. The van der Waals surface area contributed by atoms with Crippen LogP contribution in [-0.2, 0) is 5.75 Å². The first kappa shape index (κ1) is 19.1. The molecule has 1 aromatic heterocycles. The van der Waals surface area contributed by atoms with Crippen molar-refractivity contribution in [3.8, 4) is 0 Å². The number of nitrogens with zero attached hydrogens (tertiary/aromatic N) is 2. The van der Waals surface area contributed by atoms with Crippen LogP contribution in [0.4, 0.5) is 11.4 Å². The molecular formula is C19H17N3O3S2. The lowest BCUT2D eigenvalue weighted by Crippen LogP contribution is -2.13. The summed E-state index contributed by atoms with van der Waals surface area (Å²) in [7, 11) is 0. The average molecular weight is 399 g/mol. The number of anilines is 1. The molecule has 0 spiro atoms. The number of amides is 1. The van der Waals surface area contributed by atoms with Crippen LogP contribution < -0.4 is 5.32 Å². The monoisotopic (exact) mass is 399 g/mol. The van der Waals surface area contributed by atoms with E-state index in [9.17, 15) is 14.9 Å². The van der Waals surface area contributed by atoms with Crippen molar-refractivity contribution in [1.29, 1.82) is 0 Å². The van der Waals surface area contributed by atoms with Crippen LogP contribution in [0.3, 0.4) is 0 Å². The number of hydrogen-bond donors (Lipinski definition) is 1. The van der Waals surface area contributed by atoms with Crippen molar-refractivity contribution in [1.82, 2.24) is 4.98 Å². The molecule has 2 aromatic carbocycles. The number of thiazole rings is 1. The number of hydrogen-bond acceptors (Lipinski definition) is 6. The molecule has 0 saturated heterocycles. The molecule has 1 heterocycles. The van der Waals surface area contributed by atoms with Crippen molar-refractivity contribution < 1.29 is 9.72 Å². The van der Waals surface area contributed by atoms with Crippen molar-refractivity contribution >= 4 is 40.4 Å². The van der Waals surface area contributed by atoms with Crippen LogP contribution in [0.1, 0.15) is 26.6 Å². The van der Waals surface area contributed by atoms with Gasteiger partial charge in [-0.2, -0.15) is 0 Å². The Balaban J connectivity index is 1.77. The van der Waals surface area contributed by atoms with Gasteiger partial charge in [-0.1, -0.05) is 18.2 Å². The second kappa shape index (κ2) is 8.32. The smallest absolute Gasteiger partial charge is 0.274 e. The highest BCUT2D eigenvalue weighted by Crippen LogP contribution is 2.28. The zero-order valence-electron chi connectivity index (χ0n) is 14.8. The van der Waals surface area contributed by atoms with Gasteiger partial charge in [-0.15, -0.1) is 23.1 Å². The largest absolute Gasteiger partial charge is 0.322 e. The number of nitrogens with one attached hydrogen (secondary N) is 1. The molecule has 1 amide bonds. The molecule has 6 nitrogen and oxygen atoms in total. The van der Waals surface area contributed by atoms with Crippen LogP contribution in [0.25, 0.3) is 0 Å². The maximum absolute atomic E-state index is 12.7. The van der Waals surface area contributed by atoms with E-state index in [2.05, 4.69) is 10.3 Å². The minimum atomic E-state index is -0.454. The molecule has 0 aliphatic rings. The molecule has 0 unspecified atom stereocenters. The Bertz CT molecular complexity index is 1000. The zero-order chi connectivity index (χ0) is 19.4. The lowest BCUT2D eigenvalue weighted by atomic mass is 10.1.